The molecule has 6 rings (SSSR count). The lowest BCUT2D eigenvalue weighted by Crippen LogP contribution is -2.20. The first-order chi connectivity index (χ1) is 22.3. The summed E-state index contributed by atoms with van der Waals surface area (Å²) in [5.41, 5.74) is -0.178. The van der Waals surface area contributed by atoms with Crippen LogP contribution in [0.4, 0.5) is 11.4 Å². The molecule has 0 saturated heterocycles. The normalized spacial score (nSPS) is 11.3. The van der Waals surface area contributed by atoms with Crippen molar-refractivity contribution in [3.05, 3.63) is 115 Å². The van der Waals surface area contributed by atoms with E-state index >= 15 is 0 Å². The summed E-state index contributed by atoms with van der Waals surface area (Å²) in [6.07, 6.45) is 2.21. The highest BCUT2D eigenvalue weighted by atomic mass is 16.6. The Balaban J connectivity index is 1.47. The van der Waals surface area contributed by atoms with Crippen LogP contribution < -0.4 is 19.8 Å². The lowest BCUT2D eigenvalue weighted by molar-refractivity contribution is -0.385. The van der Waals surface area contributed by atoms with Crippen molar-refractivity contribution in [3.8, 4) is 34.7 Å². The van der Waals surface area contributed by atoms with Crippen LogP contribution in [-0.2, 0) is 0 Å². The first-order valence-electron chi connectivity index (χ1n) is 13.6. The molecule has 0 aliphatic rings. The highest BCUT2D eigenvalue weighted by molar-refractivity contribution is 5.89. The zero-order valence-corrected chi connectivity index (χ0v) is 24.1. The standard InChI is InChI=1S/C31H22N6O9/c1-3-44-26-14-18(13-23(37(41)42)29(26)46-28-12-11-19(17-32-28)36(39)40)16-33-35-30(34-22-8-5-4-7-20(22)31(35)38)27-15-21-24(43-2)9-6-10-25(21)45-27/h4-17H,3H2,1-2H3. The third-order valence-electron chi connectivity index (χ3n) is 6.73. The second kappa shape index (κ2) is 12.2. The van der Waals surface area contributed by atoms with Crippen LogP contribution in [0, 0.1) is 20.2 Å². The minimum absolute atomic E-state index is 0.0214. The minimum Gasteiger partial charge on any atom is -0.496 e. The molecule has 0 saturated carbocycles. The van der Waals surface area contributed by atoms with Crippen molar-refractivity contribution in [3.63, 3.8) is 0 Å². The number of aromatic nitrogens is 3. The molecule has 0 spiro atoms. The summed E-state index contributed by atoms with van der Waals surface area (Å²) in [5.74, 6) is 0.463. The summed E-state index contributed by atoms with van der Waals surface area (Å²) in [7, 11) is 1.53. The SMILES string of the molecule is CCOc1cc(C=Nn2c(-c3cc4c(OC)cccc4o3)nc3ccccc3c2=O)cc([N+](=O)[O-])c1Oc1ccc([N+](=O)[O-])cn1. The molecule has 0 aliphatic heterocycles. The number of ether oxygens (including phenoxy) is 3. The van der Waals surface area contributed by atoms with Crippen molar-refractivity contribution < 1.29 is 28.5 Å². The number of pyridine rings is 1. The summed E-state index contributed by atoms with van der Waals surface area (Å²) >= 11 is 0. The highest BCUT2D eigenvalue weighted by Gasteiger charge is 2.24. The number of benzene rings is 3. The van der Waals surface area contributed by atoms with E-state index in [1.807, 2.05) is 0 Å². The van der Waals surface area contributed by atoms with Gasteiger partial charge in [-0.1, -0.05) is 18.2 Å². The quantitative estimate of drug-likeness (QED) is 0.0975. The van der Waals surface area contributed by atoms with E-state index < -0.39 is 21.1 Å². The molecule has 3 heterocycles. The second-order valence-electron chi connectivity index (χ2n) is 9.57. The maximum Gasteiger partial charge on any atom is 0.316 e. The molecule has 230 valence electrons. The Morgan fingerprint density at radius 2 is 1.80 bits per heavy atom. The number of nitrogens with zero attached hydrogens (tertiary/aromatic N) is 6. The van der Waals surface area contributed by atoms with Gasteiger partial charge in [0.25, 0.3) is 11.2 Å². The lowest BCUT2D eigenvalue weighted by atomic mass is 10.2. The minimum atomic E-state index is -0.683. The van der Waals surface area contributed by atoms with Crippen LogP contribution in [0.25, 0.3) is 33.5 Å². The van der Waals surface area contributed by atoms with Crippen molar-refractivity contribution in [1.82, 2.24) is 14.6 Å². The van der Waals surface area contributed by atoms with E-state index in [0.717, 1.165) is 16.9 Å². The van der Waals surface area contributed by atoms with Crippen molar-refractivity contribution >= 4 is 39.5 Å². The van der Waals surface area contributed by atoms with Crippen LogP contribution in [0.1, 0.15) is 12.5 Å². The summed E-state index contributed by atoms with van der Waals surface area (Å²) in [6, 6.07) is 18.7. The van der Waals surface area contributed by atoms with Crippen LogP contribution in [-0.4, -0.2) is 44.4 Å². The zero-order valence-electron chi connectivity index (χ0n) is 24.1. The Labute approximate surface area is 258 Å². The van der Waals surface area contributed by atoms with Crippen molar-refractivity contribution in [2.45, 2.75) is 6.92 Å². The molecule has 0 N–H and O–H groups in total. The van der Waals surface area contributed by atoms with Crippen molar-refractivity contribution in [2.75, 3.05) is 13.7 Å². The van der Waals surface area contributed by atoms with Gasteiger partial charge in [0, 0.05) is 23.8 Å². The molecule has 0 fully saturated rings. The number of hydrogen-bond acceptors (Lipinski definition) is 12. The lowest BCUT2D eigenvalue weighted by Gasteiger charge is -2.12. The molecular weight excluding hydrogens is 600 g/mol. The van der Waals surface area contributed by atoms with Gasteiger partial charge < -0.3 is 18.6 Å². The number of hydrogen-bond donors (Lipinski definition) is 0. The third-order valence-corrected chi connectivity index (χ3v) is 6.73. The van der Waals surface area contributed by atoms with Gasteiger partial charge in [-0.15, -0.1) is 0 Å². The fourth-order valence-electron chi connectivity index (χ4n) is 4.67. The molecule has 15 heteroatoms. The Morgan fingerprint density at radius 3 is 2.52 bits per heavy atom. The van der Waals surface area contributed by atoms with E-state index in [1.165, 1.54) is 31.5 Å². The van der Waals surface area contributed by atoms with Gasteiger partial charge in [-0.25, -0.2) is 9.97 Å². The van der Waals surface area contributed by atoms with Gasteiger partial charge in [-0.05, 0) is 43.3 Å². The van der Waals surface area contributed by atoms with Crippen LogP contribution in [0.5, 0.6) is 23.1 Å². The van der Waals surface area contributed by atoms with Gasteiger partial charge in [-0.3, -0.25) is 25.0 Å². The van der Waals surface area contributed by atoms with Gasteiger partial charge in [0.05, 0.1) is 46.1 Å². The molecule has 3 aromatic heterocycles. The second-order valence-corrected chi connectivity index (χ2v) is 9.57. The van der Waals surface area contributed by atoms with Gasteiger partial charge >= 0.3 is 5.69 Å². The number of rotatable bonds is 10. The number of fused-ring (bicyclic) bond motifs is 2. The molecule has 15 nitrogen and oxygen atoms in total. The molecule has 0 atom stereocenters. The van der Waals surface area contributed by atoms with E-state index in [1.54, 1.807) is 55.5 Å². The summed E-state index contributed by atoms with van der Waals surface area (Å²) in [6.45, 7) is 1.80. The van der Waals surface area contributed by atoms with Crippen molar-refractivity contribution in [1.29, 1.82) is 0 Å². The fraction of sp³-hybridized carbons (Fsp3) is 0.0968. The van der Waals surface area contributed by atoms with Crippen LogP contribution in [0.2, 0.25) is 0 Å². The molecule has 0 bridgehead atoms. The van der Waals surface area contributed by atoms with E-state index in [-0.39, 0.29) is 52.2 Å². The highest BCUT2D eigenvalue weighted by Crippen LogP contribution is 2.41. The average Bonchev–Trinajstić information content (AvgIpc) is 3.50. The first-order valence-corrected chi connectivity index (χ1v) is 13.6. The number of methoxy groups -OCH3 is 1. The number of nitro groups is 2. The Morgan fingerprint density at radius 1 is 0.978 bits per heavy atom. The van der Waals surface area contributed by atoms with Gasteiger partial charge in [0.2, 0.25) is 17.5 Å². The van der Waals surface area contributed by atoms with Crippen LogP contribution in [0.15, 0.2) is 93.3 Å². The predicted octanol–water partition coefficient (Wildman–Crippen LogP) is 6.10. The first kappa shape index (κ1) is 29.4. The molecule has 0 radical (unpaired) electrons. The van der Waals surface area contributed by atoms with Gasteiger partial charge in [0.15, 0.2) is 11.5 Å². The van der Waals surface area contributed by atoms with Crippen LogP contribution in [0.3, 0.4) is 0 Å². The molecule has 46 heavy (non-hydrogen) atoms. The smallest absolute Gasteiger partial charge is 0.316 e. The number of furan rings is 1. The maximum absolute atomic E-state index is 13.7. The van der Waals surface area contributed by atoms with Gasteiger partial charge in [0.1, 0.15) is 17.5 Å². The topological polar surface area (TPSA) is 187 Å². The van der Waals surface area contributed by atoms with E-state index in [9.17, 15) is 25.0 Å². The number of nitro benzene ring substituents is 1. The molecule has 3 aromatic carbocycles. The fourth-order valence-corrected chi connectivity index (χ4v) is 4.67. The number of para-hydroxylation sites is 1. The van der Waals surface area contributed by atoms with Gasteiger partial charge in [-0.2, -0.15) is 9.78 Å². The maximum atomic E-state index is 13.7. The van der Waals surface area contributed by atoms with E-state index in [2.05, 4.69) is 15.1 Å². The molecule has 6 aromatic rings. The molecule has 0 unspecified atom stereocenters. The molecular formula is C31H22N6O9. The van der Waals surface area contributed by atoms with E-state index in [0.29, 0.717) is 22.2 Å². The predicted molar refractivity (Wildman–Crippen MR) is 166 cm³/mol. The Kier molecular flexibility index (Phi) is 7.78. The average molecular weight is 623 g/mol. The Hall–Kier alpha value is -6.64. The van der Waals surface area contributed by atoms with Crippen LogP contribution >= 0.6 is 0 Å². The molecule has 0 aliphatic carbocycles. The summed E-state index contributed by atoms with van der Waals surface area (Å²) in [4.78, 5) is 44.0. The Bertz CT molecular complexity index is 2230. The largest absolute Gasteiger partial charge is 0.496 e. The van der Waals surface area contributed by atoms with E-state index in [4.69, 9.17) is 18.6 Å². The summed E-state index contributed by atoms with van der Waals surface area (Å²) in [5, 5.41) is 28.5. The molecule has 0 amide bonds. The monoisotopic (exact) mass is 622 g/mol. The summed E-state index contributed by atoms with van der Waals surface area (Å²) < 4.78 is 23.8. The van der Waals surface area contributed by atoms with Crippen molar-refractivity contribution in [2.24, 2.45) is 5.10 Å². The third kappa shape index (κ3) is 5.55. The zero-order chi connectivity index (χ0) is 32.4.